The second-order valence-electron chi connectivity index (χ2n) is 5.42. The molecule has 3 N–H and O–H groups in total. The zero-order chi connectivity index (χ0) is 16.0. The van der Waals surface area contributed by atoms with E-state index in [1.54, 1.807) is 6.20 Å². The van der Waals surface area contributed by atoms with Gasteiger partial charge in [0.1, 0.15) is 0 Å². The maximum absolute atomic E-state index is 9.11. The fourth-order valence-corrected chi connectivity index (χ4v) is 2.35. The molecule has 0 aliphatic heterocycles. The van der Waals surface area contributed by atoms with Crippen molar-refractivity contribution in [3.63, 3.8) is 0 Å². The van der Waals surface area contributed by atoms with Gasteiger partial charge in [-0.1, -0.05) is 19.4 Å². The summed E-state index contributed by atoms with van der Waals surface area (Å²) in [6, 6.07) is 4.04. The van der Waals surface area contributed by atoms with Crippen molar-refractivity contribution in [1.82, 2.24) is 15.6 Å². The lowest BCUT2D eigenvalue weighted by Crippen LogP contribution is -2.38. The quantitative estimate of drug-likeness (QED) is 0.457. The summed E-state index contributed by atoms with van der Waals surface area (Å²) < 4.78 is 0. The number of hydrogen-bond acceptors (Lipinski definition) is 3. The van der Waals surface area contributed by atoms with Crippen LogP contribution in [-0.2, 0) is 6.42 Å². The monoisotopic (exact) mass is 306 g/mol. The number of nitrogens with zero attached hydrogens (tertiary/aromatic N) is 2. The van der Waals surface area contributed by atoms with E-state index >= 15 is 0 Å². The van der Waals surface area contributed by atoms with Gasteiger partial charge in [0.15, 0.2) is 5.96 Å². The molecule has 0 radical (unpaired) electrons. The standard InChI is InChI=1S/C17H30N4O/c1-3-6-15(9-12-22)14-21-17(19-4-2)20-11-8-16-7-5-10-18-13-16/h5,7,10,13,15,22H,3-4,6,8-9,11-12,14H2,1-2H3,(H2,19,20,21). The first-order valence-electron chi connectivity index (χ1n) is 8.32. The predicted octanol–water partition coefficient (Wildman–Crippen LogP) is 1.98. The second-order valence-corrected chi connectivity index (χ2v) is 5.42. The Morgan fingerprint density at radius 3 is 2.82 bits per heavy atom. The van der Waals surface area contributed by atoms with Crippen molar-refractivity contribution in [2.45, 2.75) is 39.5 Å². The summed E-state index contributed by atoms with van der Waals surface area (Å²) in [6.07, 6.45) is 7.67. The molecule has 0 bridgehead atoms. The van der Waals surface area contributed by atoms with Crippen LogP contribution in [0.25, 0.3) is 0 Å². The average Bonchev–Trinajstić information content (AvgIpc) is 2.54. The van der Waals surface area contributed by atoms with Crippen LogP contribution in [0.1, 0.15) is 38.7 Å². The third-order valence-corrected chi connectivity index (χ3v) is 3.52. The molecule has 1 rings (SSSR count). The molecule has 0 aliphatic rings. The highest BCUT2D eigenvalue weighted by Crippen LogP contribution is 2.10. The van der Waals surface area contributed by atoms with Crippen LogP contribution < -0.4 is 10.6 Å². The maximum Gasteiger partial charge on any atom is 0.191 e. The van der Waals surface area contributed by atoms with Crippen molar-refractivity contribution in [1.29, 1.82) is 0 Å². The molecule has 1 aromatic heterocycles. The normalized spacial score (nSPS) is 13.0. The number of hydrogen-bond donors (Lipinski definition) is 3. The number of aliphatic imine (C=N–C) groups is 1. The summed E-state index contributed by atoms with van der Waals surface area (Å²) in [5.41, 5.74) is 1.22. The Balaban J connectivity index is 2.43. The van der Waals surface area contributed by atoms with Crippen molar-refractivity contribution < 1.29 is 5.11 Å². The number of aromatic nitrogens is 1. The Hall–Kier alpha value is -1.62. The predicted molar refractivity (Wildman–Crippen MR) is 92.0 cm³/mol. The largest absolute Gasteiger partial charge is 0.396 e. The highest BCUT2D eigenvalue weighted by atomic mass is 16.3. The maximum atomic E-state index is 9.11. The molecule has 0 aliphatic carbocycles. The zero-order valence-corrected chi connectivity index (χ0v) is 13.9. The van der Waals surface area contributed by atoms with E-state index in [4.69, 9.17) is 5.11 Å². The molecule has 0 saturated carbocycles. The van der Waals surface area contributed by atoms with Gasteiger partial charge in [0.05, 0.1) is 0 Å². The molecule has 0 fully saturated rings. The lowest BCUT2D eigenvalue weighted by atomic mass is 10.0. The van der Waals surface area contributed by atoms with E-state index < -0.39 is 0 Å². The molecule has 5 nitrogen and oxygen atoms in total. The van der Waals surface area contributed by atoms with E-state index in [1.807, 2.05) is 12.3 Å². The van der Waals surface area contributed by atoms with Gasteiger partial charge in [-0.05, 0) is 43.7 Å². The number of aliphatic hydroxyl groups excluding tert-OH is 1. The molecule has 1 atom stereocenters. The minimum absolute atomic E-state index is 0.241. The Labute approximate surface area is 134 Å². The summed E-state index contributed by atoms with van der Waals surface area (Å²) in [6.45, 7) is 6.91. The number of aliphatic hydroxyl groups is 1. The Bertz CT molecular complexity index is 402. The highest BCUT2D eigenvalue weighted by molar-refractivity contribution is 5.79. The Morgan fingerprint density at radius 1 is 1.32 bits per heavy atom. The fourth-order valence-electron chi connectivity index (χ4n) is 2.35. The minimum Gasteiger partial charge on any atom is -0.396 e. The summed E-state index contributed by atoms with van der Waals surface area (Å²) >= 11 is 0. The molecule has 5 heteroatoms. The van der Waals surface area contributed by atoms with Crippen molar-refractivity contribution in [2.75, 3.05) is 26.2 Å². The molecular weight excluding hydrogens is 276 g/mol. The smallest absolute Gasteiger partial charge is 0.191 e. The van der Waals surface area contributed by atoms with Gasteiger partial charge in [0.2, 0.25) is 0 Å². The number of rotatable bonds is 10. The fraction of sp³-hybridized carbons (Fsp3) is 0.647. The summed E-state index contributed by atoms with van der Waals surface area (Å²) in [7, 11) is 0. The first-order chi connectivity index (χ1) is 10.8. The van der Waals surface area contributed by atoms with Crippen LogP contribution in [0, 0.1) is 5.92 Å². The molecule has 1 unspecified atom stereocenters. The Morgan fingerprint density at radius 2 is 2.18 bits per heavy atom. The highest BCUT2D eigenvalue weighted by Gasteiger charge is 2.07. The lowest BCUT2D eigenvalue weighted by molar-refractivity contribution is 0.253. The van der Waals surface area contributed by atoms with E-state index in [9.17, 15) is 0 Å². The van der Waals surface area contributed by atoms with Crippen LogP contribution in [-0.4, -0.2) is 42.3 Å². The van der Waals surface area contributed by atoms with E-state index in [0.717, 1.165) is 51.3 Å². The first-order valence-corrected chi connectivity index (χ1v) is 8.32. The number of nitrogens with one attached hydrogen (secondary N) is 2. The van der Waals surface area contributed by atoms with Crippen LogP contribution in [0.5, 0.6) is 0 Å². The molecule has 0 aromatic carbocycles. The third-order valence-electron chi connectivity index (χ3n) is 3.52. The topological polar surface area (TPSA) is 69.5 Å². The van der Waals surface area contributed by atoms with Crippen molar-refractivity contribution >= 4 is 5.96 Å². The average molecular weight is 306 g/mol. The molecule has 124 valence electrons. The van der Waals surface area contributed by atoms with Crippen molar-refractivity contribution in [2.24, 2.45) is 10.9 Å². The number of guanidine groups is 1. The van der Waals surface area contributed by atoms with E-state index in [1.165, 1.54) is 5.56 Å². The molecule has 1 aromatic rings. The van der Waals surface area contributed by atoms with Crippen molar-refractivity contribution in [3.05, 3.63) is 30.1 Å². The first kappa shape index (κ1) is 18.4. The van der Waals surface area contributed by atoms with Gasteiger partial charge in [-0.15, -0.1) is 0 Å². The third kappa shape index (κ3) is 7.98. The molecule has 0 spiro atoms. The van der Waals surface area contributed by atoms with Crippen molar-refractivity contribution in [3.8, 4) is 0 Å². The minimum atomic E-state index is 0.241. The van der Waals surface area contributed by atoms with Gasteiger partial charge in [-0.25, -0.2) is 0 Å². The van der Waals surface area contributed by atoms with Crippen LogP contribution in [0.3, 0.4) is 0 Å². The second kappa shape index (κ2) is 12.0. The van der Waals surface area contributed by atoms with E-state index in [-0.39, 0.29) is 6.61 Å². The van der Waals surface area contributed by atoms with Gasteiger partial charge in [-0.2, -0.15) is 0 Å². The van der Waals surface area contributed by atoms with Crippen LogP contribution >= 0.6 is 0 Å². The van der Waals surface area contributed by atoms with Crippen LogP contribution in [0.15, 0.2) is 29.5 Å². The molecule has 0 amide bonds. The van der Waals surface area contributed by atoms with Gasteiger partial charge < -0.3 is 15.7 Å². The van der Waals surface area contributed by atoms with E-state index in [0.29, 0.717) is 5.92 Å². The molecule has 0 saturated heterocycles. The van der Waals surface area contributed by atoms with Gasteiger partial charge in [0.25, 0.3) is 0 Å². The molecular formula is C17H30N4O. The Kier molecular flexibility index (Phi) is 10.0. The van der Waals surface area contributed by atoms with Gasteiger partial charge >= 0.3 is 0 Å². The summed E-state index contributed by atoms with van der Waals surface area (Å²) in [5.74, 6) is 1.31. The molecule has 22 heavy (non-hydrogen) atoms. The van der Waals surface area contributed by atoms with Gasteiger partial charge in [-0.3, -0.25) is 9.98 Å². The summed E-state index contributed by atoms with van der Waals surface area (Å²) in [5, 5.41) is 15.7. The lowest BCUT2D eigenvalue weighted by Gasteiger charge is -2.15. The number of pyridine rings is 1. The zero-order valence-electron chi connectivity index (χ0n) is 13.9. The van der Waals surface area contributed by atoms with E-state index in [2.05, 4.69) is 40.5 Å². The SMILES string of the molecule is CCCC(CCO)CN=C(NCC)NCCc1cccnc1. The molecule has 1 heterocycles. The van der Waals surface area contributed by atoms with Crippen LogP contribution in [0.2, 0.25) is 0 Å². The van der Waals surface area contributed by atoms with Gasteiger partial charge in [0, 0.05) is 38.6 Å². The van der Waals surface area contributed by atoms with Crippen LogP contribution in [0.4, 0.5) is 0 Å². The summed E-state index contributed by atoms with van der Waals surface area (Å²) in [4.78, 5) is 8.77.